The smallest absolute Gasteiger partial charge is 0.122 e. The van der Waals surface area contributed by atoms with E-state index in [-0.39, 0.29) is 5.84 Å². The summed E-state index contributed by atoms with van der Waals surface area (Å²) in [5.41, 5.74) is 6.15. The maximum atomic E-state index is 7.36. The molecular formula is C15H24N2O. The molecule has 0 heterocycles. The summed E-state index contributed by atoms with van der Waals surface area (Å²) in [6.45, 7) is 2.97. The van der Waals surface area contributed by atoms with Crippen molar-refractivity contribution < 1.29 is 4.74 Å². The van der Waals surface area contributed by atoms with Crippen molar-refractivity contribution in [2.45, 2.75) is 45.4 Å². The Hall–Kier alpha value is -1.51. The van der Waals surface area contributed by atoms with Gasteiger partial charge in [-0.3, -0.25) is 5.41 Å². The normalized spacial score (nSPS) is 10.3. The van der Waals surface area contributed by atoms with Crippen molar-refractivity contribution in [3.05, 3.63) is 29.8 Å². The minimum atomic E-state index is 0.0833. The number of hydrogen-bond donors (Lipinski definition) is 2. The lowest BCUT2D eigenvalue weighted by molar-refractivity contribution is 0.304. The Balaban J connectivity index is 2.19. The van der Waals surface area contributed by atoms with Crippen LogP contribution in [0.4, 0.5) is 0 Å². The van der Waals surface area contributed by atoms with Crippen molar-refractivity contribution in [3.8, 4) is 5.75 Å². The van der Waals surface area contributed by atoms with Crippen LogP contribution in [0.25, 0.3) is 0 Å². The van der Waals surface area contributed by atoms with Crippen LogP contribution in [-0.2, 0) is 0 Å². The molecule has 0 aromatic heterocycles. The molecule has 1 aromatic carbocycles. The van der Waals surface area contributed by atoms with E-state index in [1.165, 1.54) is 32.1 Å². The first-order valence-corrected chi connectivity index (χ1v) is 6.81. The zero-order valence-corrected chi connectivity index (χ0v) is 11.2. The lowest BCUT2D eigenvalue weighted by Gasteiger charge is -2.07. The molecule has 0 radical (unpaired) electrons. The second-order valence-corrected chi connectivity index (χ2v) is 4.56. The molecule has 1 rings (SSSR count). The molecule has 0 saturated carbocycles. The second kappa shape index (κ2) is 8.56. The molecule has 0 aliphatic heterocycles. The fourth-order valence-electron chi connectivity index (χ4n) is 1.83. The molecule has 0 bridgehead atoms. The number of rotatable bonds is 9. The van der Waals surface area contributed by atoms with Gasteiger partial charge in [0.15, 0.2) is 0 Å². The number of ether oxygens (including phenoxy) is 1. The van der Waals surface area contributed by atoms with Crippen LogP contribution in [0, 0.1) is 5.41 Å². The summed E-state index contributed by atoms with van der Waals surface area (Å²) in [5, 5.41) is 7.36. The third kappa shape index (κ3) is 5.71. The van der Waals surface area contributed by atoms with E-state index in [2.05, 4.69) is 6.92 Å². The molecule has 0 aliphatic carbocycles. The average Bonchev–Trinajstić information content (AvgIpc) is 2.38. The lowest BCUT2D eigenvalue weighted by atomic mass is 10.1. The molecule has 18 heavy (non-hydrogen) atoms. The standard InChI is InChI=1S/C15H24N2O/c1-2-3-4-5-6-7-11-18-14-10-8-9-13(12-14)15(16)17/h8-10,12H,2-7,11H2,1H3,(H3,16,17). The van der Waals surface area contributed by atoms with E-state index in [0.717, 1.165) is 24.3 Å². The first-order chi connectivity index (χ1) is 8.74. The van der Waals surface area contributed by atoms with Crippen LogP contribution in [-0.4, -0.2) is 12.4 Å². The summed E-state index contributed by atoms with van der Waals surface area (Å²) < 4.78 is 5.65. The molecule has 0 spiro atoms. The van der Waals surface area contributed by atoms with E-state index in [0.29, 0.717) is 0 Å². The van der Waals surface area contributed by atoms with Gasteiger partial charge in [-0.05, 0) is 18.6 Å². The van der Waals surface area contributed by atoms with E-state index < -0.39 is 0 Å². The average molecular weight is 248 g/mol. The van der Waals surface area contributed by atoms with Crippen LogP contribution in [0.15, 0.2) is 24.3 Å². The van der Waals surface area contributed by atoms with Gasteiger partial charge in [0.2, 0.25) is 0 Å². The number of nitrogens with one attached hydrogen (secondary N) is 1. The number of nitrogens with two attached hydrogens (primary N) is 1. The van der Waals surface area contributed by atoms with Crippen molar-refractivity contribution in [3.63, 3.8) is 0 Å². The Morgan fingerprint density at radius 2 is 1.89 bits per heavy atom. The minimum absolute atomic E-state index is 0.0833. The van der Waals surface area contributed by atoms with Gasteiger partial charge in [0, 0.05) is 5.56 Å². The zero-order valence-electron chi connectivity index (χ0n) is 11.2. The minimum Gasteiger partial charge on any atom is -0.494 e. The fraction of sp³-hybridized carbons (Fsp3) is 0.533. The monoisotopic (exact) mass is 248 g/mol. The summed E-state index contributed by atoms with van der Waals surface area (Å²) in [5.74, 6) is 0.885. The van der Waals surface area contributed by atoms with Crippen molar-refractivity contribution >= 4 is 5.84 Å². The van der Waals surface area contributed by atoms with E-state index in [9.17, 15) is 0 Å². The van der Waals surface area contributed by atoms with Crippen LogP contribution in [0.1, 0.15) is 51.0 Å². The molecule has 3 heteroatoms. The zero-order chi connectivity index (χ0) is 13.2. The number of benzene rings is 1. The third-order valence-corrected chi connectivity index (χ3v) is 2.91. The number of amidine groups is 1. The van der Waals surface area contributed by atoms with Gasteiger partial charge in [0.05, 0.1) is 6.61 Å². The second-order valence-electron chi connectivity index (χ2n) is 4.56. The molecule has 100 valence electrons. The molecule has 1 aromatic rings. The van der Waals surface area contributed by atoms with Gasteiger partial charge < -0.3 is 10.5 Å². The fourth-order valence-corrected chi connectivity index (χ4v) is 1.83. The highest BCUT2D eigenvalue weighted by Gasteiger charge is 1.99. The van der Waals surface area contributed by atoms with Crippen LogP contribution in [0.3, 0.4) is 0 Å². The van der Waals surface area contributed by atoms with Gasteiger partial charge in [-0.2, -0.15) is 0 Å². The van der Waals surface area contributed by atoms with Crippen LogP contribution in [0.2, 0.25) is 0 Å². The highest BCUT2D eigenvalue weighted by molar-refractivity contribution is 5.95. The maximum Gasteiger partial charge on any atom is 0.122 e. The Kier molecular flexibility index (Phi) is 6.92. The quantitative estimate of drug-likeness (QED) is 0.397. The Bertz CT molecular complexity index is 363. The van der Waals surface area contributed by atoms with Crippen molar-refractivity contribution in [2.75, 3.05) is 6.61 Å². The molecule has 0 amide bonds. The Morgan fingerprint density at radius 3 is 2.61 bits per heavy atom. The third-order valence-electron chi connectivity index (χ3n) is 2.91. The summed E-state index contributed by atoms with van der Waals surface area (Å²) in [7, 11) is 0. The van der Waals surface area contributed by atoms with E-state index in [4.69, 9.17) is 15.9 Å². The molecule has 0 atom stereocenters. The highest BCUT2D eigenvalue weighted by Crippen LogP contribution is 2.14. The predicted octanol–water partition coefficient (Wildman–Crippen LogP) is 3.71. The van der Waals surface area contributed by atoms with Crippen molar-refractivity contribution in [1.82, 2.24) is 0 Å². The Labute approximate surface area is 110 Å². The topological polar surface area (TPSA) is 59.1 Å². The highest BCUT2D eigenvalue weighted by atomic mass is 16.5. The van der Waals surface area contributed by atoms with Gasteiger partial charge in [-0.1, -0.05) is 51.2 Å². The van der Waals surface area contributed by atoms with Crippen molar-refractivity contribution in [1.29, 1.82) is 5.41 Å². The van der Waals surface area contributed by atoms with E-state index in [1.807, 2.05) is 24.3 Å². The Morgan fingerprint density at radius 1 is 1.17 bits per heavy atom. The van der Waals surface area contributed by atoms with Gasteiger partial charge in [0.25, 0.3) is 0 Å². The summed E-state index contributed by atoms with van der Waals surface area (Å²) in [6, 6.07) is 7.41. The summed E-state index contributed by atoms with van der Waals surface area (Å²) in [4.78, 5) is 0. The van der Waals surface area contributed by atoms with Crippen LogP contribution >= 0.6 is 0 Å². The first-order valence-electron chi connectivity index (χ1n) is 6.81. The van der Waals surface area contributed by atoms with Gasteiger partial charge in [0.1, 0.15) is 11.6 Å². The van der Waals surface area contributed by atoms with E-state index >= 15 is 0 Å². The molecule has 3 N–H and O–H groups in total. The number of nitrogen functional groups attached to an aromatic ring is 1. The first kappa shape index (κ1) is 14.6. The predicted molar refractivity (Wildman–Crippen MR) is 76.3 cm³/mol. The van der Waals surface area contributed by atoms with Gasteiger partial charge in [-0.25, -0.2) is 0 Å². The van der Waals surface area contributed by atoms with E-state index in [1.54, 1.807) is 0 Å². The number of unbranched alkanes of at least 4 members (excludes halogenated alkanes) is 5. The lowest BCUT2D eigenvalue weighted by Crippen LogP contribution is -2.11. The van der Waals surface area contributed by atoms with Crippen LogP contribution in [0.5, 0.6) is 5.75 Å². The molecule has 0 saturated heterocycles. The maximum absolute atomic E-state index is 7.36. The SMILES string of the molecule is CCCCCCCCOc1cccc(C(=N)N)c1. The van der Waals surface area contributed by atoms with Gasteiger partial charge in [-0.15, -0.1) is 0 Å². The molecule has 0 unspecified atom stereocenters. The number of hydrogen-bond acceptors (Lipinski definition) is 2. The molecular weight excluding hydrogens is 224 g/mol. The van der Waals surface area contributed by atoms with Crippen molar-refractivity contribution in [2.24, 2.45) is 5.73 Å². The molecule has 3 nitrogen and oxygen atoms in total. The molecule has 0 aliphatic rings. The summed E-state index contributed by atoms with van der Waals surface area (Å²) in [6.07, 6.45) is 7.57. The largest absolute Gasteiger partial charge is 0.494 e. The van der Waals surface area contributed by atoms with Crippen LogP contribution < -0.4 is 10.5 Å². The van der Waals surface area contributed by atoms with Gasteiger partial charge >= 0.3 is 0 Å². The summed E-state index contributed by atoms with van der Waals surface area (Å²) >= 11 is 0. The molecule has 0 fully saturated rings.